The maximum Gasteiger partial charge on any atom is 0.410 e. The monoisotopic (exact) mass is 655 g/mol. The van der Waals surface area contributed by atoms with Gasteiger partial charge in [0.05, 0.1) is 12.1 Å². The molecule has 4 amide bonds. The average Bonchev–Trinajstić information content (AvgIpc) is 2.96. The summed E-state index contributed by atoms with van der Waals surface area (Å²) >= 11 is 1.77. The van der Waals surface area contributed by atoms with E-state index < -0.39 is 23.8 Å². The number of urea groups is 1. The van der Waals surface area contributed by atoms with Crippen molar-refractivity contribution in [2.24, 2.45) is 5.92 Å². The highest BCUT2D eigenvalue weighted by Crippen LogP contribution is 2.26. The van der Waals surface area contributed by atoms with Crippen molar-refractivity contribution in [1.29, 1.82) is 0 Å². The molecule has 0 radical (unpaired) electrons. The van der Waals surface area contributed by atoms with Crippen molar-refractivity contribution in [3.8, 4) is 0 Å². The molecular formula is C34H53N7O4S. The Morgan fingerprint density at radius 3 is 2.39 bits per heavy atom. The summed E-state index contributed by atoms with van der Waals surface area (Å²) < 4.78 is 5.73. The van der Waals surface area contributed by atoms with Crippen LogP contribution in [0, 0.1) is 5.92 Å². The molecule has 11 nitrogen and oxygen atoms in total. The van der Waals surface area contributed by atoms with Crippen LogP contribution in [0.15, 0.2) is 36.5 Å². The molecule has 0 spiro atoms. The standard InChI is InChI=1S/C34H53N7O4S/c1-23(2)20-41(29(42)27-19-36-30(33(3,4)5)39-28(27)35-16-13-17-46-9)26-18-25(21-40(22-26)32(44)45-34(6,7)8)38-31(43)37-24-14-11-10-12-15-24/h10-12,14-15,19,23,25-26H,13,16-18,20-22H2,1-9H3,(H,35,36,39)(H2,37,38,43)/t25?,26-/m0/s1. The number of piperidine rings is 1. The van der Waals surface area contributed by atoms with E-state index in [2.05, 4.69) is 41.0 Å². The fraction of sp³-hybridized carbons (Fsp3) is 0.618. The molecule has 254 valence electrons. The number of carbonyl (C=O) groups excluding carboxylic acids is 3. The van der Waals surface area contributed by atoms with Gasteiger partial charge >= 0.3 is 12.1 Å². The van der Waals surface area contributed by atoms with Gasteiger partial charge in [0.25, 0.3) is 5.91 Å². The molecule has 2 heterocycles. The van der Waals surface area contributed by atoms with Gasteiger partial charge in [-0.3, -0.25) is 4.79 Å². The molecule has 1 aliphatic heterocycles. The number of nitrogens with zero attached hydrogens (tertiary/aromatic N) is 4. The smallest absolute Gasteiger partial charge is 0.410 e. The second kappa shape index (κ2) is 16.3. The Balaban J connectivity index is 1.95. The van der Waals surface area contributed by atoms with Gasteiger partial charge in [0.15, 0.2) is 0 Å². The molecule has 12 heteroatoms. The number of rotatable bonds is 11. The van der Waals surface area contributed by atoms with Crippen molar-refractivity contribution in [2.45, 2.75) is 91.3 Å². The normalized spacial score (nSPS) is 17.0. The summed E-state index contributed by atoms with van der Waals surface area (Å²) in [5, 5.41) is 9.29. The Hall–Kier alpha value is -3.54. The van der Waals surface area contributed by atoms with Crippen LogP contribution in [0.1, 0.15) is 84.4 Å². The molecule has 1 fully saturated rings. The summed E-state index contributed by atoms with van der Waals surface area (Å²) in [4.78, 5) is 53.7. The van der Waals surface area contributed by atoms with Gasteiger partial charge in [-0.1, -0.05) is 52.8 Å². The van der Waals surface area contributed by atoms with Crippen LogP contribution in [0.5, 0.6) is 0 Å². The van der Waals surface area contributed by atoms with Gasteiger partial charge in [0.1, 0.15) is 22.8 Å². The highest BCUT2D eigenvalue weighted by Gasteiger charge is 2.38. The third-order valence-corrected chi connectivity index (χ3v) is 7.92. The van der Waals surface area contributed by atoms with Crippen molar-refractivity contribution in [1.82, 2.24) is 25.1 Å². The zero-order valence-corrected chi connectivity index (χ0v) is 29.8. The SMILES string of the molecule is CSCCCNc1nc(C(C)(C)C)ncc1C(=O)N(CC(C)C)[C@H]1CC(NC(=O)Nc2ccccc2)CN(C(=O)OC(C)(C)C)C1. The lowest BCUT2D eigenvalue weighted by molar-refractivity contribution is 0.00546. The maximum absolute atomic E-state index is 14.5. The molecule has 3 rings (SSSR count). The first-order valence-electron chi connectivity index (χ1n) is 16.1. The summed E-state index contributed by atoms with van der Waals surface area (Å²) in [6.07, 6.45) is 4.58. The molecule has 3 N–H and O–H groups in total. The van der Waals surface area contributed by atoms with Crippen LogP contribution in [-0.2, 0) is 10.2 Å². The zero-order chi connectivity index (χ0) is 34.1. The number of hydrogen-bond donors (Lipinski definition) is 3. The summed E-state index contributed by atoms with van der Waals surface area (Å²) in [6.45, 7) is 17.3. The summed E-state index contributed by atoms with van der Waals surface area (Å²) in [5.41, 5.74) is 0.0437. The summed E-state index contributed by atoms with van der Waals surface area (Å²) in [5.74, 6) is 2.07. The molecule has 0 saturated carbocycles. The molecule has 0 aliphatic carbocycles. The van der Waals surface area contributed by atoms with Crippen LogP contribution >= 0.6 is 11.8 Å². The van der Waals surface area contributed by atoms with E-state index in [1.165, 1.54) is 0 Å². The Morgan fingerprint density at radius 2 is 1.78 bits per heavy atom. The van der Waals surface area contributed by atoms with Gasteiger partial charge < -0.3 is 30.5 Å². The fourth-order valence-corrected chi connectivity index (χ4v) is 5.59. The molecule has 0 bridgehead atoms. The number of hydrogen-bond acceptors (Lipinski definition) is 8. The number of amides is 4. The topological polar surface area (TPSA) is 129 Å². The number of aromatic nitrogens is 2. The van der Waals surface area contributed by atoms with Gasteiger partial charge in [0, 0.05) is 43.5 Å². The van der Waals surface area contributed by atoms with Gasteiger partial charge in [-0.05, 0) is 63.7 Å². The molecule has 1 unspecified atom stereocenters. The summed E-state index contributed by atoms with van der Waals surface area (Å²) in [7, 11) is 0. The van der Waals surface area contributed by atoms with E-state index >= 15 is 0 Å². The number of ether oxygens (including phenoxy) is 1. The molecule has 2 aromatic rings. The number of carbonyl (C=O) groups is 3. The molecule has 1 aromatic carbocycles. The van der Waals surface area contributed by atoms with Crippen LogP contribution in [-0.4, -0.2) is 93.7 Å². The predicted octanol–water partition coefficient (Wildman–Crippen LogP) is 6.24. The fourth-order valence-electron chi connectivity index (χ4n) is 5.16. The number of para-hydroxylation sites is 1. The van der Waals surface area contributed by atoms with Crippen molar-refractivity contribution >= 4 is 41.3 Å². The zero-order valence-electron chi connectivity index (χ0n) is 29.0. The lowest BCUT2D eigenvalue weighted by atomic mass is 9.95. The highest BCUT2D eigenvalue weighted by atomic mass is 32.2. The number of thioether (sulfide) groups is 1. The van der Waals surface area contributed by atoms with E-state index in [4.69, 9.17) is 9.72 Å². The van der Waals surface area contributed by atoms with Crippen LogP contribution in [0.25, 0.3) is 0 Å². The quantitative estimate of drug-likeness (QED) is 0.243. The number of nitrogens with one attached hydrogen (secondary N) is 3. The Morgan fingerprint density at radius 1 is 1.09 bits per heavy atom. The first kappa shape index (κ1) is 36.9. The van der Waals surface area contributed by atoms with Crippen molar-refractivity contribution in [3.63, 3.8) is 0 Å². The minimum Gasteiger partial charge on any atom is -0.444 e. The van der Waals surface area contributed by atoms with Crippen molar-refractivity contribution in [2.75, 3.05) is 48.8 Å². The Labute approximate surface area is 279 Å². The second-order valence-electron chi connectivity index (χ2n) is 14.3. The first-order valence-corrected chi connectivity index (χ1v) is 17.5. The van der Waals surface area contributed by atoms with Gasteiger partial charge in [0.2, 0.25) is 0 Å². The van der Waals surface area contributed by atoms with Crippen LogP contribution < -0.4 is 16.0 Å². The number of benzene rings is 1. The van der Waals surface area contributed by atoms with E-state index in [9.17, 15) is 14.4 Å². The van der Waals surface area contributed by atoms with Crippen LogP contribution in [0.4, 0.5) is 21.1 Å². The van der Waals surface area contributed by atoms with Crippen LogP contribution in [0.3, 0.4) is 0 Å². The highest BCUT2D eigenvalue weighted by molar-refractivity contribution is 7.98. The Bertz CT molecular complexity index is 1310. The largest absolute Gasteiger partial charge is 0.444 e. The molecule has 1 saturated heterocycles. The van der Waals surface area contributed by atoms with Crippen molar-refractivity contribution in [3.05, 3.63) is 47.9 Å². The molecular weight excluding hydrogens is 602 g/mol. The van der Waals surface area contributed by atoms with E-state index in [1.807, 2.05) is 64.6 Å². The first-order chi connectivity index (χ1) is 21.6. The van der Waals surface area contributed by atoms with E-state index in [0.29, 0.717) is 42.4 Å². The van der Waals surface area contributed by atoms with Gasteiger partial charge in [-0.2, -0.15) is 11.8 Å². The lowest BCUT2D eigenvalue weighted by Crippen LogP contribution is -2.60. The third-order valence-electron chi connectivity index (χ3n) is 7.22. The van der Waals surface area contributed by atoms with Crippen molar-refractivity contribution < 1.29 is 19.1 Å². The van der Waals surface area contributed by atoms with Gasteiger partial charge in [-0.25, -0.2) is 19.6 Å². The number of likely N-dealkylation sites (tertiary alicyclic amines) is 1. The number of anilines is 2. The minimum absolute atomic E-state index is 0.140. The molecule has 2 atom stereocenters. The van der Waals surface area contributed by atoms with Gasteiger partial charge in [-0.15, -0.1) is 0 Å². The Kier molecular flexibility index (Phi) is 13.1. The molecule has 1 aromatic heterocycles. The van der Waals surface area contributed by atoms with E-state index in [1.54, 1.807) is 35.0 Å². The minimum atomic E-state index is -0.700. The molecule has 1 aliphatic rings. The van der Waals surface area contributed by atoms with E-state index in [-0.39, 0.29) is 36.4 Å². The average molecular weight is 656 g/mol. The van der Waals surface area contributed by atoms with E-state index in [0.717, 1.165) is 12.2 Å². The third kappa shape index (κ3) is 11.4. The van der Waals surface area contributed by atoms with Crippen LogP contribution in [0.2, 0.25) is 0 Å². The summed E-state index contributed by atoms with van der Waals surface area (Å²) in [6, 6.07) is 7.96. The molecule has 46 heavy (non-hydrogen) atoms. The predicted molar refractivity (Wildman–Crippen MR) is 187 cm³/mol. The maximum atomic E-state index is 14.5. The second-order valence-corrected chi connectivity index (χ2v) is 15.3. The lowest BCUT2D eigenvalue weighted by Gasteiger charge is -2.43.